The third-order valence-electron chi connectivity index (χ3n) is 1.05. The molecule has 0 aromatic carbocycles. The van der Waals surface area contributed by atoms with Gasteiger partial charge in [0.1, 0.15) is 4.70 Å². The summed E-state index contributed by atoms with van der Waals surface area (Å²) in [6, 6.07) is 0. The fourth-order valence-electron chi connectivity index (χ4n) is 0.692. The maximum Gasteiger partial charge on any atom is 0.215 e. The van der Waals surface area contributed by atoms with Crippen LogP contribution in [0.25, 0.3) is 10.3 Å². The number of aryl methyl sites for hydroxylation is 1. The second-order valence-electron chi connectivity index (χ2n) is 1.76. The van der Waals surface area contributed by atoms with Gasteiger partial charge < -0.3 is 0 Å². The van der Waals surface area contributed by atoms with Crippen LogP contribution in [0.2, 0.25) is 0 Å². The second-order valence-corrected chi connectivity index (χ2v) is 2.55. The number of rotatable bonds is 0. The van der Waals surface area contributed by atoms with Crippen molar-refractivity contribution in [3.05, 3.63) is 6.20 Å². The van der Waals surface area contributed by atoms with Crippen LogP contribution in [-0.4, -0.2) is 19.4 Å². The van der Waals surface area contributed by atoms with Crippen molar-refractivity contribution in [2.24, 2.45) is 7.05 Å². The van der Waals surface area contributed by atoms with Crippen LogP contribution in [0.15, 0.2) is 6.20 Å². The number of hydrogen-bond acceptors (Lipinski definition) is 4. The summed E-state index contributed by atoms with van der Waals surface area (Å²) in [5.41, 5.74) is 0.738. The summed E-state index contributed by atoms with van der Waals surface area (Å²) in [4.78, 5) is 0. The largest absolute Gasteiger partial charge is 0.272 e. The van der Waals surface area contributed by atoms with E-state index in [4.69, 9.17) is 0 Å². The van der Waals surface area contributed by atoms with Gasteiger partial charge in [0.05, 0.1) is 0 Å². The molecule has 2 aromatic rings. The third kappa shape index (κ3) is 0.613. The molecule has 0 saturated heterocycles. The molecule has 0 amide bonds. The number of aromatic nitrogens is 4. The lowest BCUT2D eigenvalue weighted by Gasteiger charge is -1.78. The van der Waals surface area contributed by atoms with Gasteiger partial charge in [0, 0.05) is 13.2 Å². The first kappa shape index (κ1) is 4.87. The van der Waals surface area contributed by atoms with Crippen molar-refractivity contribution in [1.82, 2.24) is 19.4 Å². The van der Waals surface area contributed by atoms with Gasteiger partial charge in [0.2, 0.25) is 5.65 Å². The summed E-state index contributed by atoms with van der Waals surface area (Å²) >= 11 is 1.36. The van der Waals surface area contributed by atoms with Crippen LogP contribution in [0, 0.1) is 0 Å². The SMILES string of the molecule is Cn1cc2snnc2n1. The molecule has 4 nitrogen and oxygen atoms in total. The summed E-state index contributed by atoms with van der Waals surface area (Å²) < 4.78 is 6.49. The zero-order valence-corrected chi connectivity index (χ0v) is 5.59. The maximum atomic E-state index is 4.03. The first-order valence-corrected chi connectivity index (χ1v) is 3.25. The second kappa shape index (κ2) is 1.51. The van der Waals surface area contributed by atoms with E-state index >= 15 is 0 Å². The summed E-state index contributed by atoms with van der Waals surface area (Å²) in [6.07, 6.45) is 1.90. The fraction of sp³-hybridized carbons (Fsp3) is 0.250. The number of hydrogen-bond donors (Lipinski definition) is 0. The lowest BCUT2D eigenvalue weighted by molar-refractivity contribution is 0.773. The topological polar surface area (TPSA) is 43.6 Å². The van der Waals surface area contributed by atoms with Gasteiger partial charge in [-0.15, -0.1) is 10.2 Å². The Balaban J connectivity index is 2.92. The first-order valence-electron chi connectivity index (χ1n) is 2.48. The van der Waals surface area contributed by atoms with E-state index in [1.54, 1.807) is 4.68 Å². The molecule has 0 aliphatic carbocycles. The zero-order valence-electron chi connectivity index (χ0n) is 4.77. The van der Waals surface area contributed by atoms with Crippen molar-refractivity contribution >= 4 is 21.9 Å². The van der Waals surface area contributed by atoms with Gasteiger partial charge in [-0.1, -0.05) is 4.49 Å². The summed E-state index contributed by atoms with van der Waals surface area (Å²) in [5, 5.41) is 7.80. The Morgan fingerprint density at radius 3 is 3.33 bits per heavy atom. The molecule has 2 rings (SSSR count). The molecule has 0 saturated carbocycles. The first-order chi connectivity index (χ1) is 4.36. The summed E-state index contributed by atoms with van der Waals surface area (Å²) in [7, 11) is 1.87. The molecule has 9 heavy (non-hydrogen) atoms. The van der Waals surface area contributed by atoms with E-state index < -0.39 is 0 Å². The predicted octanol–water partition coefficient (Wildman–Crippen LogP) is 0.425. The zero-order chi connectivity index (χ0) is 6.27. The van der Waals surface area contributed by atoms with Crippen LogP contribution < -0.4 is 0 Å². The van der Waals surface area contributed by atoms with Crippen LogP contribution in [0.4, 0.5) is 0 Å². The van der Waals surface area contributed by atoms with E-state index in [1.807, 2.05) is 13.2 Å². The van der Waals surface area contributed by atoms with E-state index in [0.29, 0.717) is 0 Å². The van der Waals surface area contributed by atoms with E-state index in [0.717, 1.165) is 10.3 Å². The van der Waals surface area contributed by atoms with Crippen molar-refractivity contribution in [2.75, 3.05) is 0 Å². The van der Waals surface area contributed by atoms with E-state index in [2.05, 4.69) is 14.7 Å². The molecule has 0 unspecified atom stereocenters. The quantitative estimate of drug-likeness (QED) is 0.532. The van der Waals surface area contributed by atoms with Gasteiger partial charge in [0.15, 0.2) is 0 Å². The number of fused-ring (bicyclic) bond motifs is 1. The third-order valence-corrected chi connectivity index (χ3v) is 1.70. The molecule has 0 aliphatic rings. The highest BCUT2D eigenvalue weighted by molar-refractivity contribution is 7.12. The Morgan fingerprint density at radius 1 is 1.67 bits per heavy atom. The molecule has 0 atom stereocenters. The average Bonchev–Trinajstić information content (AvgIpc) is 2.22. The maximum absolute atomic E-state index is 4.03. The minimum atomic E-state index is 0.738. The molecule has 5 heteroatoms. The molecule has 46 valence electrons. The Kier molecular flexibility index (Phi) is 0.814. The van der Waals surface area contributed by atoms with Crippen molar-refractivity contribution in [3.63, 3.8) is 0 Å². The molecule has 2 aromatic heterocycles. The van der Waals surface area contributed by atoms with Crippen molar-refractivity contribution in [1.29, 1.82) is 0 Å². The molecular weight excluding hydrogens is 136 g/mol. The van der Waals surface area contributed by atoms with E-state index in [1.165, 1.54) is 11.5 Å². The Bertz CT molecular complexity index is 293. The molecule has 0 spiro atoms. The Hall–Kier alpha value is -0.970. The van der Waals surface area contributed by atoms with Crippen LogP contribution in [0.1, 0.15) is 0 Å². The van der Waals surface area contributed by atoms with Crippen LogP contribution in [-0.2, 0) is 7.05 Å². The van der Waals surface area contributed by atoms with Gasteiger partial charge in [0.25, 0.3) is 0 Å². The molecular formula is C4H4N4S. The van der Waals surface area contributed by atoms with Crippen LogP contribution in [0.3, 0.4) is 0 Å². The predicted molar refractivity (Wildman–Crippen MR) is 34.2 cm³/mol. The smallest absolute Gasteiger partial charge is 0.215 e. The minimum Gasteiger partial charge on any atom is -0.272 e. The Morgan fingerprint density at radius 2 is 2.56 bits per heavy atom. The molecule has 2 heterocycles. The highest BCUT2D eigenvalue weighted by Gasteiger charge is 1.99. The van der Waals surface area contributed by atoms with Gasteiger partial charge in [-0.05, 0) is 11.5 Å². The van der Waals surface area contributed by atoms with Crippen LogP contribution in [0.5, 0.6) is 0 Å². The average molecular weight is 140 g/mol. The molecule has 0 aliphatic heterocycles. The van der Waals surface area contributed by atoms with Crippen molar-refractivity contribution < 1.29 is 0 Å². The summed E-state index contributed by atoms with van der Waals surface area (Å²) in [5.74, 6) is 0. The fourth-order valence-corrected chi connectivity index (χ4v) is 1.26. The highest BCUT2D eigenvalue weighted by Crippen LogP contribution is 2.10. The molecule has 0 N–H and O–H groups in total. The monoisotopic (exact) mass is 140 g/mol. The summed E-state index contributed by atoms with van der Waals surface area (Å²) in [6.45, 7) is 0. The van der Waals surface area contributed by atoms with E-state index in [-0.39, 0.29) is 0 Å². The van der Waals surface area contributed by atoms with Gasteiger partial charge in [-0.25, -0.2) is 0 Å². The number of nitrogens with zero attached hydrogens (tertiary/aromatic N) is 4. The van der Waals surface area contributed by atoms with Gasteiger partial charge in [-0.2, -0.15) is 0 Å². The molecule has 0 radical (unpaired) electrons. The minimum absolute atomic E-state index is 0.738. The standard InChI is InChI=1S/C4H4N4S/c1-8-2-3-4(6-8)5-7-9-3/h2H,1H3. The normalized spacial score (nSPS) is 10.8. The Labute approximate surface area is 55.3 Å². The van der Waals surface area contributed by atoms with Gasteiger partial charge >= 0.3 is 0 Å². The van der Waals surface area contributed by atoms with Crippen molar-refractivity contribution in [3.8, 4) is 0 Å². The van der Waals surface area contributed by atoms with Gasteiger partial charge in [-0.3, -0.25) is 4.68 Å². The van der Waals surface area contributed by atoms with E-state index in [9.17, 15) is 0 Å². The van der Waals surface area contributed by atoms with Crippen LogP contribution >= 0.6 is 11.5 Å². The molecule has 0 bridgehead atoms. The highest BCUT2D eigenvalue weighted by atomic mass is 32.1. The lowest BCUT2D eigenvalue weighted by Crippen LogP contribution is -1.86. The lowest BCUT2D eigenvalue weighted by atomic mass is 10.7. The van der Waals surface area contributed by atoms with Crippen molar-refractivity contribution in [2.45, 2.75) is 0 Å². The molecule has 0 fully saturated rings.